The molecule has 27 heavy (non-hydrogen) atoms. The van der Waals surface area contributed by atoms with Gasteiger partial charge >= 0.3 is 5.97 Å². The van der Waals surface area contributed by atoms with E-state index >= 15 is 0 Å². The Kier molecular flexibility index (Phi) is 5.52. The van der Waals surface area contributed by atoms with Crippen LogP contribution in [0.3, 0.4) is 0 Å². The number of rotatable bonds is 5. The first kappa shape index (κ1) is 18.6. The highest BCUT2D eigenvalue weighted by Crippen LogP contribution is 2.28. The highest BCUT2D eigenvalue weighted by molar-refractivity contribution is 9.10. The highest BCUT2D eigenvalue weighted by atomic mass is 79.9. The summed E-state index contributed by atoms with van der Waals surface area (Å²) in [5.41, 5.74) is 6.50. The largest absolute Gasteiger partial charge is 0.438 e. The van der Waals surface area contributed by atoms with Gasteiger partial charge in [0, 0.05) is 12.3 Å². The molecule has 136 valence electrons. The summed E-state index contributed by atoms with van der Waals surface area (Å²) in [6.45, 7) is 1.82. The molecule has 0 aliphatic heterocycles. The van der Waals surface area contributed by atoms with E-state index in [1.165, 1.54) is 18.3 Å². The molecular weight excluding hydrogens is 412 g/mol. The lowest BCUT2D eigenvalue weighted by atomic mass is 10.1. The lowest BCUT2D eigenvalue weighted by Crippen LogP contribution is -2.16. The lowest BCUT2D eigenvalue weighted by Gasteiger charge is -2.10. The zero-order valence-electron chi connectivity index (χ0n) is 14.3. The second-order valence-electron chi connectivity index (χ2n) is 5.67. The van der Waals surface area contributed by atoms with E-state index in [2.05, 4.69) is 20.9 Å². The Hall–Kier alpha value is -3.19. The maximum absolute atomic E-state index is 12.4. The zero-order chi connectivity index (χ0) is 19.4. The zero-order valence-corrected chi connectivity index (χ0v) is 15.9. The van der Waals surface area contributed by atoms with Crippen molar-refractivity contribution in [1.82, 2.24) is 4.98 Å². The van der Waals surface area contributed by atoms with Gasteiger partial charge in [-0.15, -0.1) is 0 Å². The van der Waals surface area contributed by atoms with E-state index in [9.17, 15) is 9.59 Å². The van der Waals surface area contributed by atoms with Crippen LogP contribution in [0.4, 0.5) is 0 Å². The first-order valence-electron chi connectivity index (χ1n) is 7.95. The number of ether oxygens (including phenoxy) is 2. The minimum Gasteiger partial charge on any atom is -0.438 e. The lowest BCUT2D eigenvalue weighted by molar-refractivity contribution is 0.0732. The van der Waals surface area contributed by atoms with Crippen LogP contribution in [0.25, 0.3) is 0 Å². The Labute approximate surface area is 164 Å². The quantitative estimate of drug-likeness (QED) is 0.485. The van der Waals surface area contributed by atoms with Gasteiger partial charge < -0.3 is 15.2 Å². The number of para-hydroxylation sites is 1. The third kappa shape index (κ3) is 4.51. The monoisotopic (exact) mass is 426 g/mol. The predicted molar refractivity (Wildman–Crippen MR) is 103 cm³/mol. The number of hydrogen-bond donors (Lipinski definition) is 1. The molecule has 0 atom stereocenters. The van der Waals surface area contributed by atoms with Crippen molar-refractivity contribution in [3.8, 4) is 17.4 Å². The standard InChI is InChI=1S/C20H15BrN2O4/c1-12-6-8-14(19(22)24)17(10-12)27-20(25)13-7-9-18(23-11-13)26-16-5-3-2-4-15(16)21/h2-11H,1H3,(H2,22,24). The van der Waals surface area contributed by atoms with Crippen LogP contribution in [0.5, 0.6) is 17.4 Å². The van der Waals surface area contributed by atoms with E-state index in [1.54, 1.807) is 24.3 Å². The number of amides is 1. The summed E-state index contributed by atoms with van der Waals surface area (Å²) in [4.78, 5) is 28.0. The molecule has 1 amide bonds. The second kappa shape index (κ2) is 8.01. The molecule has 2 aromatic carbocycles. The van der Waals surface area contributed by atoms with Gasteiger partial charge in [0.2, 0.25) is 5.88 Å². The minimum absolute atomic E-state index is 0.112. The number of aromatic nitrogens is 1. The van der Waals surface area contributed by atoms with Crippen molar-refractivity contribution in [3.05, 3.63) is 82.0 Å². The first-order chi connectivity index (χ1) is 12.9. The second-order valence-corrected chi connectivity index (χ2v) is 6.53. The molecule has 0 spiro atoms. The van der Waals surface area contributed by atoms with E-state index in [1.807, 2.05) is 25.1 Å². The number of hydrogen-bond acceptors (Lipinski definition) is 5. The van der Waals surface area contributed by atoms with Crippen LogP contribution in [0.1, 0.15) is 26.3 Å². The molecule has 0 saturated carbocycles. The number of carbonyl (C=O) groups excluding carboxylic acids is 2. The number of aryl methyl sites for hydroxylation is 1. The molecule has 3 rings (SSSR count). The predicted octanol–water partition coefficient (Wildman–Crippen LogP) is 4.26. The summed E-state index contributed by atoms with van der Waals surface area (Å²) >= 11 is 3.39. The molecule has 7 heteroatoms. The molecule has 1 heterocycles. The summed E-state index contributed by atoms with van der Waals surface area (Å²) < 4.78 is 11.8. The summed E-state index contributed by atoms with van der Waals surface area (Å²) in [6, 6.07) is 15.2. The average molecular weight is 427 g/mol. The van der Waals surface area contributed by atoms with Gasteiger partial charge in [0.25, 0.3) is 5.91 Å². The molecule has 0 aliphatic carbocycles. The number of halogens is 1. The fraction of sp³-hybridized carbons (Fsp3) is 0.0500. The molecular formula is C20H15BrN2O4. The Morgan fingerprint density at radius 3 is 2.48 bits per heavy atom. The molecule has 0 fully saturated rings. The Bertz CT molecular complexity index is 1000. The van der Waals surface area contributed by atoms with Crippen molar-refractivity contribution in [1.29, 1.82) is 0 Å². The SMILES string of the molecule is Cc1ccc(C(N)=O)c(OC(=O)c2ccc(Oc3ccccc3Br)nc2)c1. The molecule has 6 nitrogen and oxygen atoms in total. The van der Waals surface area contributed by atoms with Crippen LogP contribution in [0, 0.1) is 6.92 Å². The van der Waals surface area contributed by atoms with Crippen LogP contribution in [-0.4, -0.2) is 16.9 Å². The van der Waals surface area contributed by atoms with Crippen LogP contribution >= 0.6 is 15.9 Å². The number of nitrogens with zero attached hydrogens (tertiary/aromatic N) is 1. The molecule has 0 bridgehead atoms. The third-order valence-electron chi connectivity index (χ3n) is 3.63. The molecule has 0 saturated heterocycles. The number of primary amides is 1. The fourth-order valence-corrected chi connectivity index (χ4v) is 2.64. The van der Waals surface area contributed by atoms with Gasteiger partial charge in [0.15, 0.2) is 0 Å². The van der Waals surface area contributed by atoms with E-state index in [0.29, 0.717) is 11.6 Å². The van der Waals surface area contributed by atoms with Crippen LogP contribution < -0.4 is 15.2 Å². The Morgan fingerprint density at radius 2 is 1.81 bits per heavy atom. The van der Waals surface area contributed by atoms with Gasteiger partial charge in [-0.05, 0) is 58.7 Å². The van der Waals surface area contributed by atoms with Gasteiger partial charge in [0.1, 0.15) is 11.5 Å². The van der Waals surface area contributed by atoms with Crippen LogP contribution in [0.15, 0.2) is 65.3 Å². The number of esters is 1. The van der Waals surface area contributed by atoms with Gasteiger partial charge in [-0.2, -0.15) is 0 Å². The van der Waals surface area contributed by atoms with Gasteiger partial charge in [-0.1, -0.05) is 18.2 Å². The van der Waals surface area contributed by atoms with E-state index < -0.39 is 11.9 Å². The molecule has 3 aromatic rings. The number of pyridine rings is 1. The molecule has 2 N–H and O–H groups in total. The minimum atomic E-state index is -0.673. The summed E-state index contributed by atoms with van der Waals surface area (Å²) in [6.07, 6.45) is 1.34. The van der Waals surface area contributed by atoms with Crippen molar-refractivity contribution in [2.45, 2.75) is 6.92 Å². The molecule has 1 aromatic heterocycles. The van der Waals surface area contributed by atoms with Crippen molar-refractivity contribution >= 4 is 27.8 Å². The molecule has 0 aliphatic rings. The fourth-order valence-electron chi connectivity index (χ4n) is 2.28. The average Bonchev–Trinajstić information content (AvgIpc) is 2.64. The van der Waals surface area contributed by atoms with Gasteiger partial charge in [0.05, 0.1) is 15.6 Å². The van der Waals surface area contributed by atoms with Crippen LogP contribution in [0.2, 0.25) is 0 Å². The topological polar surface area (TPSA) is 91.5 Å². The van der Waals surface area contributed by atoms with Gasteiger partial charge in [-0.3, -0.25) is 4.79 Å². The van der Waals surface area contributed by atoms with Crippen molar-refractivity contribution < 1.29 is 19.1 Å². The molecule has 0 unspecified atom stereocenters. The maximum Gasteiger partial charge on any atom is 0.345 e. The Balaban J connectivity index is 1.76. The van der Waals surface area contributed by atoms with E-state index in [-0.39, 0.29) is 16.9 Å². The van der Waals surface area contributed by atoms with Crippen molar-refractivity contribution in [2.75, 3.05) is 0 Å². The summed E-state index contributed by atoms with van der Waals surface area (Å²) in [5, 5.41) is 0. The first-order valence-corrected chi connectivity index (χ1v) is 8.74. The third-order valence-corrected chi connectivity index (χ3v) is 4.28. The van der Waals surface area contributed by atoms with E-state index in [0.717, 1.165) is 10.0 Å². The highest BCUT2D eigenvalue weighted by Gasteiger charge is 2.15. The van der Waals surface area contributed by atoms with Crippen LogP contribution in [-0.2, 0) is 0 Å². The molecule has 0 radical (unpaired) electrons. The number of carbonyl (C=O) groups is 2. The van der Waals surface area contributed by atoms with E-state index in [4.69, 9.17) is 15.2 Å². The maximum atomic E-state index is 12.4. The number of nitrogens with two attached hydrogens (primary N) is 1. The Morgan fingerprint density at radius 1 is 1.04 bits per heavy atom. The summed E-state index contributed by atoms with van der Waals surface area (Å²) in [5.74, 6) is -0.282. The van der Waals surface area contributed by atoms with Crippen molar-refractivity contribution in [3.63, 3.8) is 0 Å². The smallest absolute Gasteiger partial charge is 0.345 e. The van der Waals surface area contributed by atoms with Gasteiger partial charge in [-0.25, -0.2) is 9.78 Å². The number of benzene rings is 2. The summed E-state index contributed by atoms with van der Waals surface area (Å²) in [7, 11) is 0. The normalized spacial score (nSPS) is 10.3. The van der Waals surface area contributed by atoms with Crippen molar-refractivity contribution in [2.24, 2.45) is 5.73 Å².